The molecular formula is C24H33N5O3. The van der Waals surface area contributed by atoms with E-state index in [1.54, 1.807) is 4.68 Å². The number of benzene rings is 1. The van der Waals surface area contributed by atoms with Crippen LogP contribution in [-0.2, 0) is 36.0 Å². The van der Waals surface area contributed by atoms with E-state index in [1.165, 1.54) is 0 Å². The number of amides is 2. The molecule has 2 amide bonds. The quantitative estimate of drug-likeness (QED) is 0.658. The summed E-state index contributed by atoms with van der Waals surface area (Å²) in [6.07, 6.45) is 1.98. The Bertz CT molecular complexity index is 965. The van der Waals surface area contributed by atoms with Crippen molar-refractivity contribution in [3.8, 4) is 0 Å². The summed E-state index contributed by atoms with van der Waals surface area (Å²) in [6, 6.07) is 7.98. The number of rotatable bonds is 7. The molecule has 0 saturated carbocycles. The third-order valence-electron chi connectivity index (χ3n) is 6.45. The van der Waals surface area contributed by atoms with E-state index in [9.17, 15) is 9.59 Å². The predicted molar refractivity (Wildman–Crippen MR) is 121 cm³/mol. The van der Waals surface area contributed by atoms with E-state index in [0.29, 0.717) is 38.2 Å². The van der Waals surface area contributed by atoms with Crippen molar-refractivity contribution >= 4 is 11.8 Å². The van der Waals surface area contributed by atoms with Gasteiger partial charge >= 0.3 is 0 Å². The fourth-order valence-corrected chi connectivity index (χ4v) is 4.48. The molecule has 8 heteroatoms. The molecule has 0 radical (unpaired) electrons. The molecule has 0 atom stereocenters. The highest BCUT2D eigenvalue weighted by Crippen LogP contribution is 2.23. The lowest BCUT2D eigenvalue weighted by molar-refractivity contribution is -0.131. The number of hydrogen-bond acceptors (Lipinski definition) is 5. The average Bonchev–Trinajstić information content (AvgIpc) is 3.15. The monoisotopic (exact) mass is 439 g/mol. The smallest absolute Gasteiger partial charge is 0.272 e. The first kappa shape index (κ1) is 22.5. The zero-order chi connectivity index (χ0) is 22.5. The maximum atomic E-state index is 13.0. The Balaban J connectivity index is 1.35. The molecule has 1 fully saturated rings. The predicted octanol–water partition coefficient (Wildman–Crippen LogP) is 1.31. The second-order valence-electron chi connectivity index (χ2n) is 8.63. The van der Waals surface area contributed by atoms with Crippen LogP contribution in [0.3, 0.4) is 0 Å². The lowest BCUT2D eigenvalue weighted by Crippen LogP contribution is -2.39. The molecule has 1 saturated heterocycles. The third kappa shape index (κ3) is 5.19. The molecule has 8 nitrogen and oxygen atoms in total. The second-order valence-corrected chi connectivity index (χ2v) is 8.63. The van der Waals surface area contributed by atoms with Crippen LogP contribution >= 0.6 is 0 Å². The summed E-state index contributed by atoms with van der Waals surface area (Å²) in [7, 11) is 1.87. The SMILES string of the molecule is Cc1ccccc1CC(=O)N1CCc2c(c(C(=O)NCCCN3CCOCC3)nn2C)C1. The van der Waals surface area contributed by atoms with E-state index < -0.39 is 0 Å². The van der Waals surface area contributed by atoms with Crippen LogP contribution in [0.2, 0.25) is 0 Å². The van der Waals surface area contributed by atoms with Gasteiger partial charge in [0.25, 0.3) is 5.91 Å². The highest BCUT2D eigenvalue weighted by molar-refractivity contribution is 5.94. The molecule has 1 N–H and O–H groups in total. The fourth-order valence-electron chi connectivity index (χ4n) is 4.48. The van der Waals surface area contributed by atoms with E-state index in [-0.39, 0.29) is 11.8 Å². The lowest BCUT2D eigenvalue weighted by atomic mass is 10.0. The van der Waals surface area contributed by atoms with Gasteiger partial charge in [-0.1, -0.05) is 24.3 Å². The number of nitrogens with one attached hydrogen (secondary N) is 1. The Morgan fingerprint density at radius 3 is 2.72 bits per heavy atom. The van der Waals surface area contributed by atoms with Gasteiger partial charge in [-0.05, 0) is 31.0 Å². The van der Waals surface area contributed by atoms with Gasteiger partial charge in [-0.15, -0.1) is 0 Å². The first-order valence-electron chi connectivity index (χ1n) is 11.5. The Morgan fingerprint density at radius 1 is 1.16 bits per heavy atom. The molecule has 2 aliphatic heterocycles. The summed E-state index contributed by atoms with van der Waals surface area (Å²) in [5.41, 5.74) is 4.54. The molecule has 0 bridgehead atoms. The third-order valence-corrected chi connectivity index (χ3v) is 6.45. The number of hydrogen-bond donors (Lipinski definition) is 1. The fraction of sp³-hybridized carbons (Fsp3) is 0.542. The number of ether oxygens (including phenoxy) is 1. The van der Waals surface area contributed by atoms with Crippen LogP contribution in [0.5, 0.6) is 0 Å². The molecule has 172 valence electrons. The van der Waals surface area contributed by atoms with E-state index in [4.69, 9.17) is 4.74 Å². The Kier molecular flexibility index (Phi) is 7.22. The Morgan fingerprint density at radius 2 is 1.94 bits per heavy atom. The van der Waals surface area contributed by atoms with Crippen LogP contribution < -0.4 is 5.32 Å². The van der Waals surface area contributed by atoms with Crippen molar-refractivity contribution in [2.24, 2.45) is 7.05 Å². The van der Waals surface area contributed by atoms with Crippen LogP contribution in [0.15, 0.2) is 24.3 Å². The van der Waals surface area contributed by atoms with Crippen molar-refractivity contribution in [2.75, 3.05) is 45.9 Å². The van der Waals surface area contributed by atoms with Crippen molar-refractivity contribution in [2.45, 2.75) is 32.7 Å². The summed E-state index contributed by atoms with van der Waals surface area (Å²) in [4.78, 5) is 30.0. The number of aromatic nitrogens is 2. The molecular weight excluding hydrogens is 406 g/mol. The van der Waals surface area contributed by atoms with Crippen molar-refractivity contribution in [3.05, 3.63) is 52.3 Å². The molecule has 0 aliphatic carbocycles. The Hall–Kier alpha value is -2.71. The number of carbonyl (C=O) groups is 2. The van der Waals surface area contributed by atoms with Crippen molar-refractivity contribution in [1.29, 1.82) is 0 Å². The van der Waals surface area contributed by atoms with Crippen molar-refractivity contribution in [3.63, 3.8) is 0 Å². The summed E-state index contributed by atoms with van der Waals surface area (Å²) < 4.78 is 7.16. The zero-order valence-electron chi connectivity index (χ0n) is 19.1. The standard InChI is InChI=1S/C24H33N5O3/c1-18-6-3-4-7-19(18)16-22(30)29-11-8-21-20(17-29)23(26-27(21)2)24(31)25-9-5-10-28-12-14-32-15-13-28/h3-4,6-7H,5,8-17H2,1-2H3,(H,25,31). The van der Waals surface area contributed by atoms with Gasteiger partial charge in [0.05, 0.1) is 19.6 Å². The van der Waals surface area contributed by atoms with Gasteiger partial charge < -0.3 is 15.0 Å². The van der Waals surface area contributed by atoms with Crippen LogP contribution in [0, 0.1) is 6.92 Å². The van der Waals surface area contributed by atoms with E-state index >= 15 is 0 Å². The van der Waals surface area contributed by atoms with Gasteiger partial charge in [-0.2, -0.15) is 5.10 Å². The summed E-state index contributed by atoms with van der Waals surface area (Å²) in [5, 5.41) is 7.51. The zero-order valence-corrected chi connectivity index (χ0v) is 19.1. The molecule has 1 aromatic heterocycles. The van der Waals surface area contributed by atoms with E-state index in [1.807, 2.05) is 43.1 Å². The largest absolute Gasteiger partial charge is 0.379 e. The highest BCUT2D eigenvalue weighted by Gasteiger charge is 2.29. The molecule has 3 heterocycles. The summed E-state index contributed by atoms with van der Waals surface area (Å²) in [6.45, 7) is 8.14. The van der Waals surface area contributed by atoms with Crippen LogP contribution in [0.4, 0.5) is 0 Å². The van der Waals surface area contributed by atoms with Crippen molar-refractivity contribution < 1.29 is 14.3 Å². The molecule has 2 aliphatic rings. The van der Waals surface area contributed by atoms with Gasteiger partial charge in [0.15, 0.2) is 5.69 Å². The molecule has 0 spiro atoms. The molecule has 0 unspecified atom stereocenters. The van der Waals surface area contributed by atoms with Gasteiger partial charge in [0.1, 0.15) is 0 Å². The molecule has 32 heavy (non-hydrogen) atoms. The van der Waals surface area contributed by atoms with Crippen molar-refractivity contribution in [1.82, 2.24) is 24.9 Å². The number of carbonyl (C=O) groups excluding carboxylic acids is 2. The first-order valence-corrected chi connectivity index (χ1v) is 11.5. The van der Waals surface area contributed by atoms with Crippen LogP contribution in [0.1, 0.15) is 39.3 Å². The number of morpholine rings is 1. The maximum Gasteiger partial charge on any atom is 0.272 e. The minimum Gasteiger partial charge on any atom is -0.379 e. The second kappa shape index (κ2) is 10.3. The average molecular weight is 440 g/mol. The Labute approximate surface area is 189 Å². The lowest BCUT2D eigenvalue weighted by Gasteiger charge is -2.28. The van der Waals surface area contributed by atoms with Gasteiger partial charge in [-0.3, -0.25) is 19.2 Å². The topological polar surface area (TPSA) is 79.7 Å². The number of nitrogens with zero attached hydrogens (tertiary/aromatic N) is 4. The highest BCUT2D eigenvalue weighted by atomic mass is 16.5. The van der Waals surface area contributed by atoms with Gasteiger partial charge in [-0.25, -0.2) is 0 Å². The molecule has 4 rings (SSSR count). The summed E-state index contributed by atoms with van der Waals surface area (Å²) in [5.74, 6) is -0.0669. The minimum absolute atomic E-state index is 0.0886. The normalized spacial score (nSPS) is 16.6. The van der Waals surface area contributed by atoms with Gasteiger partial charge in [0, 0.05) is 57.4 Å². The maximum absolute atomic E-state index is 13.0. The van der Waals surface area contributed by atoms with E-state index in [2.05, 4.69) is 15.3 Å². The molecule has 1 aromatic carbocycles. The van der Waals surface area contributed by atoms with E-state index in [0.717, 1.165) is 61.7 Å². The van der Waals surface area contributed by atoms with Crippen LogP contribution in [-0.4, -0.2) is 77.3 Å². The van der Waals surface area contributed by atoms with Gasteiger partial charge in [0.2, 0.25) is 5.91 Å². The van der Waals surface area contributed by atoms with Crippen LogP contribution in [0.25, 0.3) is 0 Å². The number of aryl methyl sites for hydroxylation is 2. The number of fused-ring (bicyclic) bond motifs is 1. The first-order chi connectivity index (χ1) is 15.5. The minimum atomic E-state index is -0.156. The summed E-state index contributed by atoms with van der Waals surface area (Å²) >= 11 is 0. The molecule has 2 aromatic rings.